The molecule has 6 aromatic rings. The molecule has 0 saturated carbocycles. The van der Waals surface area contributed by atoms with Crippen LogP contribution in [0.15, 0.2) is 136 Å². The molecule has 0 fully saturated rings. The average Bonchev–Trinajstić information content (AvgIpc) is 3.89. The molecule has 2 aromatic carbocycles. The number of benzene rings is 2. The molecule has 0 aliphatic rings. The summed E-state index contributed by atoms with van der Waals surface area (Å²) >= 11 is 12.5. The van der Waals surface area contributed by atoms with Gasteiger partial charge < -0.3 is 30.4 Å². The molecule has 0 bridgehead atoms. The maximum atomic E-state index is 11.6. The molecule has 58 heavy (non-hydrogen) atoms. The molecule has 0 amide bonds. The van der Waals surface area contributed by atoms with Gasteiger partial charge in [0.15, 0.2) is 23.2 Å². The van der Waals surface area contributed by atoms with Crippen molar-refractivity contribution in [1.82, 2.24) is 29.1 Å². The monoisotopic (exact) mass is 814 g/mol. The Morgan fingerprint density at radius 2 is 1.05 bits per heavy atom. The second kappa shape index (κ2) is 20.4. The summed E-state index contributed by atoms with van der Waals surface area (Å²) in [6.07, 6.45) is 14.1. The van der Waals surface area contributed by atoms with E-state index in [9.17, 15) is 9.59 Å². The number of carbonyl (C=O) groups excluding carboxylic acids is 2. The molecular weight excluding hydrogens is 771 g/mol. The number of hydrogen-bond donors (Lipinski definition) is 4. The van der Waals surface area contributed by atoms with Crippen LogP contribution in [0.5, 0.6) is 0 Å². The summed E-state index contributed by atoms with van der Waals surface area (Å²) in [6, 6.07) is 19.4. The van der Waals surface area contributed by atoms with Crippen molar-refractivity contribution < 1.29 is 9.59 Å². The predicted molar refractivity (Wildman–Crippen MR) is 237 cm³/mol. The van der Waals surface area contributed by atoms with Gasteiger partial charge in [-0.1, -0.05) is 98.0 Å². The minimum Gasteiger partial charge on any atom is -0.365 e. The largest absolute Gasteiger partial charge is 0.365 e. The Morgan fingerprint density at radius 3 is 1.41 bits per heavy atom. The maximum absolute atomic E-state index is 11.6. The number of ketones is 2. The molecular formula is C44H44Cl2N10O2. The Labute approximate surface area is 348 Å². The molecule has 296 valence electrons. The molecule has 0 unspecified atom stereocenters. The topological polar surface area (TPSA) is 144 Å². The number of hydrogen-bond acceptors (Lipinski definition) is 10. The van der Waals surface area contributed by atoms with E-state index in [4.69, 9.17) is 23.2 Å². The Balaban J connectivity index is 0.000000221. The fourth-order valence-corrected chi connectivity index (χ4v) is 5.71. The molecule has 4 aromatic heterocycles. The van der Waals surface area contributed by atoms with Crippen LogP contribution in [-0.4, -0.2) is 40.6 Å². The van der Waals surface area contributed by atoms with Crippen LogP contribution in [0.4, 0.5) is 34.9 Å². The predicted octanol–water partition coefficient (Wildman–Crippen LogP) is 10.2. The number of halogens is 2. The molecule has 14 heteroatoms. The first-order chi connectivity index (χ1) is 27.9. The Bertz CT molecular complexity index is 2280. The number of anilines is 6. The van der Waals surface area contributed by atoms with E-state index in [0.717, 1.165) is 45.0 Å². The van der Waals surface area contributed by atoms with E-state index in [1.807, 2.05) is 108 Å². The summed E-state index contributed by atoms with van der Waals surface area (Å²) in [7, 11) is 0. The minimum atomic E-state index is -0.00912. The zero-order valence-corrected chi connectivity index (χ0v) is 33.8. The molecule has 0 atom stereocenters. The highest BCUT2D eigenvalue weighted by atomic mass is 35.5. The van der Waals surface area contributed by atoms with Gasteiger partial charge in [-0.3, -0.25) is 9.59 Å². The molecule has 0 spiro atoms. The van der Waals surface area contributed by atoms with Crippen molar-refractivity contribution in [2.24, 2.45) is 0 Å². The number of allylic oxidation sites excluding steroid dienone is 4. The summed E-state index contributed by atoms with van der Waals surface area (Å²) in [4.78, 5) is 40.5. The highest BCUT2D eigenvalue weighted by molar-refractivity contribution is 6.33. The summed E-state index contributed by atoms with van der Waals surface area (Å²) in [6.45, 7) is 19.7. The van der Waals surface area contributed by atoms with E-state index in [1.54, 1.807) is 12.4 Å². The number of nitrogens with one attached hydrogen (secondary N) is 4. The van der Waals surface area contributed by atoms with Gasteiger partial charge in [0, 0.05) is 62.1 Å². The lowest BCUT2D eigenvalue weighted by Crippen LogP contribution is -2.06. The van der Waals surface area contributed by atoms with Gasteiger partial charge in [0.25, 0.3) is 0 Å². The summed E-state index contributed by atoms with van der Waals surface area (Å²) in [5, 5.41) is 13.6. The van der Waals surface area contributed by atoms with Crippen molar-refractivity contribution in [2.45, 2.75) is 39.8 Å². The van der Waals surface area contributed by atoms with Crippen LogP contribution in [0, 0.1) is 0 Å². The third-order valence-corrected chi connectivity index (χ3v) is 8.94. The van der Waals surface area contributed by atoms with Crippen LogP contribution >= 0.6 is 23.2 Å². The van der Waals surface area contributed by atoms with Crippen molar-refractivity contribution in [3.8, 4) is 0 Å². The second-order valence-electron chi connectivity index (χ2n) is 13.2. The number of carbonyl (C=O) groups is 2. The first-order valence-electron chi connectivity index (χ1n) is 18.1. The number of aromatic nitrogens is 6. The molecule has 0 aliphatic heterocycles. The quantitative estimate of drug-likeness (QED) is 0.0619. The van der Waals surface area contributed by atoms with E-state index < -0.39 is 0 Å². The lowest BCUT2D eigenvalue weighted by molar-refractivity contribution is -0.114. The van der Waals surface area contributed by atoms with Crippen LogP contribution in [-0.2, 0) is 35.5 Å². The van der Waals surface area contributed by atoms with Crippen molar-refractivity contribution in [3.63, 3.8) is 0 Å². The normalized spacial score (nSPS) is 10.4. The molecule has 0 saturated heterocycles. The van der Waals surface area contributed by atoms with Gasteiger partial charge in [-0.15, -0.1) is 0 Å². The van der Waals surface area contributed by atoms with Gasteiger partial charge in [-0.05, 0) is 60.4 Å². The maximum Gasteiger partial charge on any atom is 0.229 e. The standard InChI is InChI=1S/2C22H22ClN5O/c2*1-4-19(29)11-16-6-5-7-17(10-16)12-24-21-20(23)13-25-22(27-21)26-18-8-9-28(14-18)15(2)3/h2*4-10,13-14H,1-2,11-12H2,3H3,(H2,24,25,26,27). The first kappa shape index (κ1) is 42.4. The average molecular weight is 816 g/mol. The van der Waals surface area contributed by atoms with Crippen LogP contribution in [0.3, 0.4) is 0 Å². The van der Waals surface area contributed by atoms with Crippen molar-refractivity contribution in [3.05, 3.63) is 169 Å². The van der Waals surface area contributed by atoms with Gasteiger partial charge in [0.1, 0.15) is 10.0 Å². The van der Waals surface area contributed by atoms with E-state index in [2.05, 4.69) is 67.5 Å². The summed E-state index contributed by atoms with van der Waals surface area (Å²) in [5.41, 5.74) is 7.43. The molecule has 0 radical (unpaired) electrons. The minimum absolute atomic E-state index is 0.00912. The first-order valence-corrected chi connectivity index (χ1v) is 18.9. The van der Waals surface area contributed by atoms with Gasteiger partial charge in [0.2, 0.25) is 11.9 Å². The third kappa shape index (κ3) is 12.6. The molecule has 4 N–H and O–H groups in total. The van der Waals surface area contributed by atoms with Crippen molar-refractivity contribution in [2.75, 3.05) is 21.3 Å². The second-order valence-corrected chi connectivity index (χ2v) is 14.0. The van der Waals surface area contributed by atoms with E-state index >= 15 is 0 Å². The van der Waals surface area contributed by atoms with Crippen LogP contribution in [0.1, 0.15) is 36.1 Å². The van der Waals surface area contributed by atoms with E-state index in [0.29, 0.717) is 59.5 Å². The zero-order valence-electron chi connectivity index (χ0n) is 32.3. The summed E-state index contributed by atoms with van der Waals surface area (Å²) < 4.78 is 3.81. The lowest BCUT2D eigenvalue weighted by atomic mass is 10.1. The van der Waals surface area contributed by atoms with Crippen LogP contribution in [0.25, 0.3) is 11.4 Å². The molecule has 4 heterocycles. The third-order valence-electron chi connectivity index (χ3n) is 8.38. The van der Waals surface area contributed by atoms with Gasteiger partial charge >= 0.3 is 0 Å². The Morgan fingerprint density at radius 1 is 0.655 bits per heavy atom. The fourth-order valence-electron chi connectivity index (χ4n) is 5.39. The highest BCUT2D eigenvalue weighted by Gasteiger charge is 2.10. The van der Waals surface area contributed by atoms with Crippen molar-refractivity contribution in [1.29, 1.82) is 0 Å². The van der Waals surface area contributed by atoms with Gasteiger partial charge in [-0.2, -0.15) is 9.97 Å². The number of rotatable bonds is 18. The van der Waals surface area contributed by atoms with Crippen molar-refractivity contribution >= 4 is 81.1 Å². The Kier molecular flexibility index (Phi) is 14.9. The smallest absolute Gasteiger partial charge is 0.229 e. The van der Waals surface area contributed by atoms with Gasteiger partial charge in [-0.25, -0.2) is 9.97 Å². The highest BCUT2D eigenvalue weighted by Crippen LogP contribution is 2.25. The molecule has 0 aliphatic carbocycles. The van der Waals surface area contributed by atoms with E-state index in [-0.39, 0.29) is 11.6 Å². The zero-order chi connectivity index (χ0) is 41.6. The Hall–Kier alpha value is -6.76. The molecule has 6 rings (SSSR count). The SMILES string of the molecule is C=CC(=O)Cc1cccc(CNc2nc(Nc3ccn(C(=C)C)c3)ncc2Cl)c1.C=CC(=O)Cc1cccc(CNc2nc(Nc3ccn(C(=C)C)c3)ncc2Cl)c1. The fraction of sp³-hybridized carbons (Fsp3) is 0.136. The van der Waals surface area contributed by atoms with E-state index in [1.165, 1.54) is 12.2 Å². The van der Waals surface area contributed by atoms with Crippen LogP contribution < -0.4 is 21.3 Å². The number of nitrogens with zero attached hydrogens (tertiary/aromatic N) is 6. The van der Waals surface area contributed by atoms with Gasteiger partial charge in [0.05, 0.1) is 23.8 Å². The summed E-state index contributed by atoms with van der Waals surface area (Å²) in [5.74, 6) is 1.89. The van der Waals surface area contributed by atoms with Crippen LogP contribution in [0.2, 0.25) is 10.0 Å². The lowest BCUT2D eigenvalue weighted by Gasteiger charge is -2.10. The molecule has 12 nitrogen and oxygen atoms in total.